The molecule has 0 spiro atoms. The Balaban J connectivity index is 2.28. The highest BCUT2D eigenvalue weighted by Gasteiger charge is 2.59. The van der Waals surface area contributed by atoms with Crippen LogP contribution >= 0.6 is 0 Å². The lowest BCUT2D eigenvalue weighted by molar-refractivity contribution is -0.368. The molecule has 11 nitrogen and oxygen atoms in total. The van der Waals surface area contributed by atoms with Crippen LogP contribution in [0.1, 0.15) is 6.92 Å². The first-order valence-corrected chi connectivity index (χ1v) is 7.99. The van der Waals surface area contributed by atoms with Crippen molar-refractivity contribution in [3.05, 3.63) is 0 Å². The van der Waals surface area contributed by atoms with E-state index in [1.807, 2.05) is 0 Å². The van der Waals surface area contributed by atoms with Crippen LogP contribution in [-0.2, 0) is 19.0 Å². The lowest BCUT2D eigenvalue weighted by atomic mass is 9.96. The number of halogens is 1. The molecule has 0 aliphatic carbocycles. The molecular formula is C14H24FNO10. The first kappa shape index (κ1) is 21.3. The molecule has 9 atom stereocenters. The number of carbonyl (C=O) groups excluding carboxylic acids is 1. The van der Waals surface area contributed by atoms with Gasteiger partial charge in [-0.25, -0.2) is 4.39 Å². The second kappa shape index (κ2) is 8.37. The molecule has 2 saturated heterocycles. The van der Waals surface area contributed by atoms with Crippen molar-refractivity contribution in [2.45, 2.75) is 61.7 Å². The van der Waals surface area contributed by atoms with Gasteiger partial charge in [-0.05, 0) is 0 Å². The van der Waals surface area contributed by atoms with Gasteiger partial charge in [0.25, 0.3) is 0 Å². The van der Waals surface area contributed by atoms with E-state index < -0.39 is 80.5 Å². The van der Waals surface area contributed by atoms with E-state index in [9.17, 15) is 34.7 Å². The number of rotatable bonds is 6. The fourth-order valence-electron chi connectivity index (χ4n) is 3.01. The molecule has 0 aromatic carbocycles. The van der Waals surface area contributed by atoms with Gasteiger partial charge in [0.2, 0.25) is 11.7 Å². The van der Waals surface area contributed by atoms with Crippen LogP contribution in [0.2, 0.25) is 0 Å². The zero-order valence-electron chi connectivity index (χ0n) is 13.9. The minimum Gasteiger partial charge on any atom is -0.394 e. The zero-order chi connectivity index (χ0) is 19.6. The van der Waals surface area contributed by atoms with Gasteiger partial charge >= 0.3 is 0 Å². The van der Waals surface area contributed by atoms with Crippen molar-refractivity contribution in [3.63, 3.8) is 0 Å². The van der Waals surface area contributed by atoms with E-state index in [2.05, 4.69) is 5.32 Å². The normalized spacial score (nSPS) is 46.3. The number of alkyl halides is 1. The van der Waals surface area contributed by atoms with Crippen LogP contribution in [0.15, 0.2) is 0 Å². The van der Waals surface area contributed by atoms with Gasteiger partial charge < -0.3 is 50.2 Å². The van der Waals surface area contributed by atoms with Crippen molar-refractivity contribution in [1.82, 2.24) is 5.32 Å². The van der Waals surface area contributed by atoms with Crippen molar-refractivity contribution in [2.24, 2.45) is 0 Å². The van der Waals surface area contributed by atoms with Gasteiger partial charge in [-0.3, -0.25) is 4.79 Å². The van der Waals surface area contributed by atoms with Gasteiger partial charge in [0.15, 0.2) is 12.5 Å². The molecule has 0 saturated carbocycles. The number of aliphatic hydroxyl groups excluding tert-OH is 6. The van der Waals surface area contributed by atoms with Crippen LogP contribution < -0.4 is 5.32 Å². The Bertz CT molecular complexity index is 498. The zero-order valence-corrected chi connectivity index (χ0v) is 13.9. The van der Waals surface area contributed by atoms with Gasteiger partial charge in [0.1, 0.15) is 43.2 Å². The van der Waals surface area contributed by atoms with Crippen LogP contribution in [0, 0.1) is 0 Å². The predicted octanol–water partition coefficient (Wildman–Crippen LogP) is -4.27. The predicted molar refractivity (Wildman–Crippen MR) is 79.1 cm³/mol. The third-order valence-corrected chi connectivity index (χ3v) is 4.43. The fourth-order valence-corrected chi connectivity index (χ4v) is 3.01. The Labute approximate surface area is 147 Å². The number of aliphatic hydroxyl groups is 6. The number of nitrogens with one attached hydrogen (secondary N) is 1. The maximum Gasteiger partial charge on any atom is 0.224 e. The minimum atomic E-state index is -2.35. The van der Waals surface area contributed by atoms with Crippen LogP contribution in [0.4, 0.5) is 4.39 Å². The van der Waals surface area contributed by atoms with Crippen LogP contribution in [0.3, 0.4) is 0 Å². The first-order valence-electron chi connectivity index (χ1n) is 7.99. The van der Waals surface area contributed by atoms with E-state index in [0.717, 1.165) is 6.92 Å². The molecule has 0 aromatic heterocycles. The number of ether oxygens (including phenoxy) is 3. The topological polar surface area (TPSA) is 178 Å². The third kappa shape index (κ3) is 3.83. The van der Waals surface area contributed by atoms with Gasteiger partial charge in [-0.2, -0.15) is 0 Å². The monoisotopic (exact) mass is 385 g/mol. The van der Waals surface area contributed by atoms with E-state index in [4.69, 9.17) is 19.3 Å². The molecular weight excluding hydrogens is 361 g/mol. The maximum absolute atomic E-state index is 14.0. The summed E-state index contributed by atoms with van der Waals surface area (Å²) in [5, 5.41) is 60.4. The smallest absolute Gasteiger partial charge is 0.224 e. The van der Waals surface area contributed by atoms with Crippen LogP contribution in [-0.4, -0.2) is 111 Å². The first-order chi connectivity index (χ1) is 12.2. The van der Waals surface area contributed by atoms with Crippen molar-refractivity contribution >= 4 is 5.91 Å². The molecule has 0 radical (unpaired) electrons. The average molecular weight is 385 g/mol. The summed E-state index contributed by atoms with van der Waals surface area (Å²) in [6, 6.07) is -1.38. The molecule has 12 heteroatoms. The minimum absolute atomic E-state index is 0.622. The number of hydrogen-bond acceptors (Lipinski definition) is 10. The fraction of sp³-hybridized carbons (Fsp3) is 0.929. The van der Waals surface area contributed by atoms with Crippen molar-refractivity contribution < 1.29 is 54.0 Å². The molecule has 2 aliphatic heterocycles. The van der Waals surface area contributed by atoms with Gasteiger partial charge in [0.05, 0.1) is 13.2 Å². The Morgan fingerprint density at radius 3 is 2.23 bits per heavy atom. The van der Waals surface area contributed by atoms with Crippen molar-refractivity contribution in [3.8, 4) is 0 Å². The molecule has 7 N–H and O–H groups in total. The highest BCUT2D eigenvalue weighted by Crippen LogP contribution is 2.37. The summed E-state index contributed by atoms with van der Waals surface area (Å²) < 4.78 is 29.8. The third-order valence-electron chi connectivity index (χ3n) is 4.43. The molecule has 2 rings (SSSR count). The maximum atomic E-state index is 14.0. The van der Waals surface area contributed by atoms with Crippen LogP contribution in [0.5, 0.6) is 0 Å². The molecule has 1 amide bonds. The van der Waals surface area contributed by atoms with Gasteiger partial charge in [-0.15, -0.1) is 0 Å². The summed E-state index contributed by atoms with van der Waals surface area (Å²) in [7, 11) is 0. The summed E-state index contributed by atoms with van der Waals surface area (Å²) >= 11 is 0. The van der Waals surface area contributed by atoms with Crippen molar-refractivity contribution in [1.29, 1.82) is 0 Å². The number of amides is 1. The Morgan fingerprint density at radius 1 is 1.15 bits per heavy atom. The lowest BCUT2D eigenvalue weighted by Gasteiger charge is -2.45. The van der Waals surface area contributed by atoms with Crippen LogP contribution in [0.25, 0.3) is 0 Å². The molecule has 0 aromatic rings. The molecule has 152 valence electrons. The summed E-state index contributed by atoms with van der Waals surface area (Å²) in [6.45, 7) is -1.44. The van der Waals surface area contributed by atoms with E-state index in [-0.39, 0.29) is 0 Å². The van der Waals surface area contributed by atoms with E-state index in [0.29, 0.717) is 0 Å². The molecule has 2 unspecified atom stereocenters. The van der Waals surface area contributed by atoms with E-state index in [1.54, 1.807) is 0 Å². The highest BCUT2D eigenvalue weighted by molar-refractivity contribution is 5.73. The van der Waals surface area contributed by atoms with Gasteiger partial charge in [0, 0.05) is 6.92 Å². The van der Waals surface area contributed by atoms with Crippen molar-refractivity contribution in [2.75, 3.05) is 19.8 Å². The Kier molecular flexibility index (Phi) is 6.87. The highest BCUT2D eigenvalue weighted by atomic mass is 19.1. The molecule has 2 fully saturated rings. The standard InChI is InChI=1S/C14H24FNO10/c1-5(20)16-9-11(22)10(21)7(3-18)24-13(9)26-14(4-19)12(23)8(15)6(2-17)25-14/h6-13,17-19,21-23H,2-4H2,1H3,(H,16,20)/t6-,7-,8-,9-,10-,11-,12+,13?,14?/m1/s1. The van der Waals surface area contributed by atoms with Gasteiger partial charge in [-0.1, -0.05) is 0 Å². The largest absolute Gasteiger partial charge is 0.394 e. The summed E-state index contributed by atoms with van der Waals surface area (Å²) in [6.07, 6.45) is -11.7. The average Bonchev–Trinajstić information content (AvgIpc) is 2.86. The lowest BCUT2D eigenvalue weighted by Crippen LogP contribution is -2.67. The molecule has 0 bridgehead atoms. The molecule has 2 aliphatic rings. The van der Waals surface area contributed by atoms with E-state index >= 15 is 0 Å². The Hall–Kier alpha value is -0.960. The summed E-state index contributed by atoms with van der Waals surface area (Å²) in [5.41, 5.74) is 0. The second-order valence-corrected chi connectivity index (χ2v) is 6.25. The second-order valence-electron chi connectivity index (χ2n) is 6.25. The summed E-state index contributed by atoms with van der Waals surface area (Å²) in [5.74, 6) is -2.97. The SMILES string of the molecule is CC(=O)N[C@H]1C(OC2(CO)O[C@H](CO)[C@@H](F)[C@@H]2O)O[C@H](CO)[C@@H](O)[C@@H]1O. The number of carbonyl (C=O) groups is 1. The molecule has 26 heavy (non-hydrogen) atoms. The molecule has 2 heterocycles. The summed E-state index contributed by atoms with van der Waals surface area (Å²) in [4.78, 5) is 11.4. The quantitative estimate of drug-likeness (QED) is 0.237. The Morgan fingerprint density at radius 2 is 1.77 bits per heavy atom. The van der Waals surface area contributed by atoms with E-state index in [1.165, 1.54) is 0 Å². The number of hydrogen-bond donors (Lipinski definition) is 7.